The van der Waals surface area contributed by atoms with Crippen LogP contribution in [-0.4, -0.2) is 54.6 Å². The summed E-state index contributed by atoms with van der Waals surface area (Å²) < 4.78 is 63.2. The number of rotatable bonds is 6. The Balaban J connectivity index is 0.000000343. The van der Waals surface area contributed by atoms with Crippen molar-refractivity contribution in [2.45, 2.75) is 38.6 Å². The zero-order valence-electron chi connectivity index (χ0n) is 17.0. The van der Waals surface area contributed by atoms with Crippen LogP contribution in [0.2, 0.25) is 0 Å². The Kier molecular flexibility index (Phi) is 8.34. The largest absolute Gasteiger partial charge is 0.522 e. The molecule has 0 spiro atoms. The molecule has 0 radical (unpaired) electrons. The van der Waals surface area contributed by atoms with Gasteiger partial charge in [0.1, 0.15) is 5.75 Å². The SMILES string of the molecule is CCCCN1CC=C(c2c[nH]c3ccc(OCC)cc23)CC1.O=S(=O)(O)C(F)(F)F. The van der Waals surface area contributed by atoms with E-state index in [9.17, 15) is 13.2 Å². The molecule has 1 aromatic heterocycles. The number of nitrogens with one attached hydrogen (secondary N) is 1. The van der Waals surface area contributed by atoms with E-state index in [0.717, 1.165) is 18.7 Å². The van der Waals surface area contributed by atoms with Crippen molar-refractivity contribution in [3.05, 3.63) is 36.0 Å². The average Bonchev–Trinajstić information content (AvgIpc) is 3.09. The molecule has 1 aliphatic heterocycles. The van der Waals surface area contributed by atoms with Gasteiger partial charge in [0.2, 0.25) is 0 Å². The van der Waals surface area contributed by atoms with Gasteiger partial charge in [-0.3, -0.25) is 9.45 Å². The van der Waals surface area contributed by atoms with Crippen molar-refractivity contribution >= 4 is 26.6 Å². The second-order valence-electron chi connectivity index (χ2n) is 6.90. The lowest BCUT2D eigenvalue weighted by Crippen LogP contribution is -2.29. The Morgan fingerprint density at radius 2 is 1.97 bits per heavy atom. The summed E-state index contributed by atoms with van der Waals surface area (Å²) in [7, 11) is -5.84. The number of hydrogen-bond donors (Lipinski definition) is 2. The Hall–Kier alpha value is -2.04. The summed E-state index contributed by atoms with van der Waals surface area (Å²) in [4.78, 5) is 5.94. The first-order valence-electron chi connectivity index (χ1n) is 9.76. The number of fused-ring (bicyclic) bond motifs is 1. The van der Waals surface area contributed by atoms with Gasteiger partial charge in [-0.2, -0.15) is 21.6 Å². The highest BCUT2D eigenvalue weighted by atomic mass is 32.2. The third kappa shape index (κ3) is 6.48. The number of benzene rings is 1. The van der Waals surface area contributed by atoms with Gasteiger partial charge in [-0.15, -0.1) is 0 Å². The Morgan fingerprint density at radius 3 is 2.50 bits per heavy atom. The van der Waals surface area contributed by atoms with Gasteiger partial charge in [0.15, 0.2) is 0 Å². The molecule has 1 aromatic carbocycles. The van der Waals surface area contributed by atoms with E-state index in [-0.39, 0.29) is 0 Å². The summed E-state index contributed by atoms with van der Waals surface area (Å²) in [6.45, 7) is 8.46. The Bertz CT molecular complexity index is 968. The summed E-state index contributed by atoms with van der Waals surface area (Å²) in [5.74, 6) is 0.955. The van der Waals surface area contributed by atoms with Gasteiger partial charge < -0.3 is 9.72 Å². The van der Waals surface area contributed by atoms with Crippen molar-refractivity contribution in [2.24, 2.45) is 0 Å². The molecule has 168 valence electrons. The van der Waals surface area contributed by atoms with Crippen LogP contribution in [0.5, 0.6) is 5.75 Å². The first-order valence-corrected chi connectivity index (χ1v) is 11.2. The Morgan fingerprint density at radius 1 is 1.27 bits per heavy atom. The van der Waals surface area contributed by atoms with Crippen molar-refractivity contribution in [3.8, 4) is 5.75 Å². The van der Waals surface area contributed by atoms with Crippen LogP contribution in [0.4, 0.5) is 13.2 Å². The molecule has 0 fully saturated rings. The minimum absolute atomic E-state index is 0.709. The molecule has 0 atom stereocenters. The number of ether oxygens (including phenoxy) is 1. The van der Waals surface area contributed by atoms with Crippen molar-refractivity contribution < 1.29 is 30.9 Å². The van der Waals surface area contributed by atoms with Gasteiger partial charge >= 0.3 is 15.6 Å². The molecule has 0 unspecified atom stereocenters. The molecular formula is C20H27F3N2O4S. The van der Waals surface area contributed by atoms with Crippen LogP contribution >= 0.6 is 0 Å². The maximum absolute atomic E-state index is 10.7. The summed E-state index contributed by atoms with van der Waals surface area (Å²) in [6, 6.07) is 6.31. The number of aromatic nitrogens is 1. The van der Waals surface area contributed by atoms with Crippen LogP contribution in [-0.2, 0) is 10.1 Å². The third-order valence-electron chi connectivity index (χ3n) is 4.72. The molecule has 10 heteroatoms. The van der Waals surface area contributed by atoms with E-state index in [2.05, 4.69) is 41.2 Å². The van der Waals surface area contributed by atoms with Crippen LogP contribution in [0.25, 0.3) is 16.5 Å². The molecular weight excluding hydrogens is 421 g/mol. The number of hydrogen-bond acceptors (Lipinski definition) is 4. The minimum Gasteiger partial charge on any atom is -0.494 e. The van der Waals surface area contributed by atoms with Crippen LogP contribution in [0.15, 0.2) is 30.5 Å². The molecule has 0 amide bonds. The number of nitrogens with zero attached hydrogens (tertiary/aromatic N) is 1. The molecule has 2 N–H and O–H groups in total. The molecule has 3 rings (SSSR count). The second-order valence-corrected chi connectivity index (χ2v) is 8.31. The summed E-state index contributed by atoms with van der Waals surface area (Å²) in [5.41, 5.74) is -1.54. The molecule has 0 aliphatic carbocycles. The van der Waals surface area contributed by atoms with Crippen LogP contribution in [0.1, 0.15) is 38.7 Å². The molecule has 0 saturated carbocycles. The van der Waals surface area contributed by atoms with E-state index in [1.165, 1.54) is 48.0 Å². The quantitative estimate of drug-likeness (QED) is 0.488. The lowest BCUT2D eigenvalue weighted by Gasteiger charge is -2.26. The van der Waals surface area contributed by atoms with Gasteiger partial charge in [0.05, 0.1) is 6.61 Å². The number of halogens is 3. The molecule has 0 bridgehead atoms. The molecule has 0 saturated heterocycles. The summed E-state index contributed by atoms with van der Waals surface area (Å²) >= 11 is 0. The van der Waals surface area contributed by atoms with Crippen molar-refractivity contribution in [3.63, 3.8) is 0 Å². The van der Waals surface area contributed by atoms with E-state index >= 15 is 0 Å². The number of alkyl halides is 3. The first kappa shape index (κ1) is 24.2. The monoisotopic (exact) mass is 448 g/mol. The number of aromatic amines is 1. The summed E-state index contributed by atoms with van der Waals surface area (Å²) in [5, 5.41) is 1.28. The zero-order valence-corrected chi connectivity index (χ0v) is 17.8. The van der Waals surface area contributed by atoms with Crippen molar-refractivity contribution in [2.75, 3.05) is 26.2 Å². The maximum Gasteiger partial charge on any atom is 0.522 e. The lowest BCUT2D eigenvalue weighted by atomic mass is 9.98. The smallest absolute Gasteiger partial charge is 0.494 e. The number of unbranched alkanes of at least 4 members (excludes halogenated alkanes) is 1. The van der Waals surface area contributed by atoms with E-state index in [1.54, 1.807) is 0 Å². The Labute approximate surface area is 174 Å². The van der Waals surface area contributed by atoms with Gasteiger partial charge in [-0.1, -0.05) is 19.4 Å². The van der Waals surface area contributed by atoms with Crippen LogP contribution in [0, 0.1) is 0 Å². The van der Waals surface area contributed by atoms with Gasteiger partial charge in [0, 0.05) is 35.8 Å². The van der Waals surface area contributed by atoms with Gasteiger partial charge in [-0.05, 0) is 50.1 Å². The fourth-order valence-electron chi connectivity index (χ4n) is 3.16. The second kappa shape index (κ2) is 10.3. The van der Waals surface area contributed by atoms with Crippen LogP contribution in [0.3, 0.4) is 0 Å². The third-order valence-corrected chi connectivity index (χ3v) is 5.31. The highest BCUT2D eigenvalue weighted by Gasteiger charge is 2.44. The normalized spacial score (nSPS) is 15.5. The summed E-state index contributed by atoms with van der Waals surface area (Å²) in [6.07, 6.45) is 8.25. The van der Waals surface area contributed by atoms with E-state index in [4.69, 9.17) is 17.7 Å². The molecule has 30 heavy (non-hydrogen) atoms. The minimum atomic E-state index is -5.84. The first-order chi connectivity index (χ1) is 14.1. The van der Waals surface area contributed by atoms with E-state index < -0.39 is 15.6 Å². The molecule has 6 nitrogen and oxygen atoms in total. The zero-order chi connectivity index (χ0) is 22.4. The fourth-order valence-corrected chi connectivity index (χ4v) is 3.16. The van der Waals surface area contributed by atoms with Crippen molar-refractivity contribution in [1.82, 2.24) is 9.88 Å². The average molecular weight is 449 g/mol. The number of H-pyrrole nitrogens is 1. The fraction of sp³-hybridized carbons (Fsp3) is 0.500. The van der Waals surface area contributed by atoms with Crippen molar-refractivity contribution in [1.29, 1.82) is 0 Å². The maximum atomic E-state index is 10.7. The predicted octanol–water partition coefficient (Wildman–Crippen LogP) is 4.85. The topological polar surface area (TPSA) is 82.6 Å². The highest BCUT2D eigenvalue weighted by Crippen LogP contribution is 2.31. The molecule has 2 heterocycles. The molecule has 2 aromatic rings. The lowest BCUT2D eigenvalue weighted by molar-refractivity contribution is -0.0510. The standard InChI is InChI=1S/C19H26N2O.CHF3O3S/c1-3-5-10-21-11-8-15(9-12-21)18-14-20-19-7-6-16(22-4-2)13-17(18)19;2-1(3,4)8(5,6)7/h6-8,13-14,20H,3-5,9-12H2,1-2H3;(H,5,6,7). The predicted molar refractivity (Wildman–Crippen MR) is 111 cm³/mol. The van der Waals surface area contributed by atoms with E-state index in [0.29, 0.717) is 6.61 Å². The van der Waals surface area contributed by atoms with Gasteiger partial charge in [-0.25, -0.2) is 0 Å². The molecule has 1 aliphatic rings. The van der Waals surface area contributed by atoms with Crippen LogP contribution < -0.4 is 4.74 Å². The van der Waals surface area contributed by atoms with E-state index in [1.807, 2.05) is 13.0 Å². The highest BCUT2D eigenvalue weighted by molar-refractivity contribution is 7.86. The van der Waals surface area contributed by atoms with Gasteiger partial charge in [0.25, 0.3) is 0 Å².